The molecule has 0 spiro atoms. The molecule has 4 nitrogen and oxygen atoms in total. The first-order valence-corrected chi connectivity index (χ1v) is 7.32. The maximum Gasteiger partial charge on any atom is 0.0672 e. The highest BCUT2D eigenvalue weighted by atomic mass is 15.2. The maximum absolute atomic E-state index is 6.06. The summed E-state index contributed by atoms with van der Waals surface area (Å²) in [5, 5.41) is 0. The second-order valence-corrected chi connectivity index (χ2v) is 5.86. The van der Waals surface area contributed by atoms with E-state index in [1.807, 2.05) is 12.3 Å². The van der Waals surface area contributed by atoms with E-state index in [9.17, 15) is 0 Å². The molecule has 1 unspecified atom stereocenters. The number of hydrogen-bond acceptors (Lipinski definition) is 4. The topological polar surface area (TPSA) is 45.4 Å². The number of benzene rings is 1. The first-order chi connectivity index (χ1) is 10.2. The molecule has 4 heteroatoms. The predicted octanol–water partition coefficient (Wildman–Crippen LogP) is 2.16. The van der Waals surface area contributed by atoms with E-state index in [4.69, 9.17) is 5.73 Å². The second-order valence-electron chi connectivity index (χ2n) is 5.86. The van der Waals surface area contributed by atoms with Crippen molar-refractivity contribution in [1.82, 2.24) is 9.88 Å². The van der Waals surface area contributed by atoms with Crippen LogP contribution in [0.15, 0.2) is 42.7 Å². The molecule has 0 aliphatic carbocycles. The average molecular weight is 282 g/mol. The van der Waals surface area contributed by atoms with E-state index in [0.717, 1.165) is 18.8 Å². The summed E-state index contributed by atoms with van der Waals surface area (Å²) in [6.07, 6.45) is 3.72. The van der Waals surface area contributed by atoms with Crippen LogP contribution >= 0.6 is 0 Å². The zero-order valence-corrected chi connectivity index (χ0v) is 12.7. The van der Waals surface area contributed by atoms with Gasteiger partial charge in [0.05, 0.1) is 17.9 Å². The Hall–Kier alpha value is -1.91. The normalized spacial score (nSPS) is 17.3. The van der Waals surface area contributed by atoms with Gasteiger partial charge in [-0.1, -0.05) is 18.2 Å². The number of rotatable bonds is 4. The number of hydrogen-bond donors (Lipinski definition) is 1. The van der Waals surface area contributed by atoms with Gasteiger partial charge < -0.3 is 15.5 Å². The van der Waals surface area contributed by atoms with E-state index in [1.54, 1.807) is 6.20 Å². The van der Waals surface area contributed by atoms with Gasteiger partial charge in [-0.3, -0.25) is 4.98 Å². The predicted molar refractivity (Wildman–Crippen MR) is 86.0 cm³/mol. The lowest BCUT2D eigenvalue weighted by atomic mass is 10.0. The minimum absolute atomic E-state index is 0.242. The molecule has 21 heavy (non-hydrogen) atoms. The third kappa shape index (κ3) is 2.77. The zero-order chi connectivity index (χ0) is 14.8. The number of nitrogens with zero attached hydrogens (tertiary/aromatic N) is 3. The molecule has 3 rings (SSSR count). The van der Waals surface area contributed by atoms with Crippen LogP contribution in [-0.2, 0) is 13.1 Å². The van der Waals surface area contributed by atoms with Crippen molar-refractivity contribution >= 4 is 5.69 Å². The fourth-order valence-electron chi connectivity index (χ4n) is 3.07. The molecule has 1 aliphatic heterocycles. The van der Waals surface area contributed by atoms with Crippen molar-refractivity contribution in [3.8, 4) is 0 Å². The van der Waals surface area contributed by atoms with Crippen molar-refractivity contribution in [3.05, 3.63) is 59.4 Å². The fourth-order valence-corrected chi connectivity index (χ4v) is 3.07. The van der Waals surface area contributed by atoms with Crippen molar-refractivity contribution in [3.63, 3.8) is 0 Å². The molecule has 0 amide bonds. The first-order valence-electron chi connectivity index (χ1n) is 7.32. The summed E-state index contributed by atoms with van der Waals surface area (Å²) in [4.78, 5) is 8.76. The molecule has 0 saturated carbocycles. The van der Waals surface area contributed by atoms with E-state index in [-0.39, 0.29) is 6.04 Å². The lowest BCUT2D eigenvalue weighted by Crippen LogP contribution is -2.27. The zero-order valence-electron chi connectivity index (χ0n) is 12.7. The second kappa shape index (κ2) is 5.84. The van der Waals surface area contributed by atoms with Gasteiger partial charge in [0, 0.05) is 25.8 Å². The highest BCUT2D eigenvalue weighted by Crippen LogP contribution is 2.37. The third-order valence-electron chi connectivity index (χ3n) is 3.99. The Labute approximate surface area is 126 Å². The molecule has 1 aromatic carbocycles. The Balaban J connectivity index is 1.93. The van der Waals surface area contributed by atoms with E-state index >= 15 is 0 Å². The van der Waals surface area contributed by atoms with Crippen molar-refractivity contribution in [1.29, 1.82) is 0 Å². The molecule has 1 aliphatic rings. The molecule has 2 aromatic rings. The lowest BCUT2D eigenvalue weighted by Gasteiger charge is -2.26. The van der Waals surface area contributed by atoms with Crippen LogP contribution in [0.4, 0.5) is 5.69 Å². The molecular formula is C17H22N4. The standard InChI is InChI=1S/C17H22N4/c1-20(2)11-13-5-6-14-12-21(15-4-3-7-19-10-15)17(9-18)16(14)8-13/h3-8,10,17H,9,11-12,18H2,1-2H3. The van der Waals surface area contributed by atoms with E-state index < -0.39 is 0 Å². The van der Waals surface area contributed by atoms with Gasteiger partial charge in [0.25, 0.3) is 0 Å². The van der Waals surface area contributed by atoms with Gasteiger partial charge >= 0.3 is 0 Å². The number of anilines is 1. The van der Waals surface area contributed by atoms with Gasteiger partial charge in [-0.05, 0) is 42.9 Å². The quantitative estimate of drug-likeness (QED) is 0.933. The van der Waals surface area contributed by atoms with Gasteiger partial charge in [-0.15, -0.1) is 0 Å². The summed E-state index contributed by atoms with van der Waals surface area (Å²) < 4.78 is 0. The molecule has 0 bridgehead atoms. The number of fused-ring (bicyclic) bond motifs is 1. The highest BCUT2D eigenvalue weighted by Gasteiger charge is 2.29. The van der Waals surface area contributed by atoms with Crippen LogP contribution in [-0.4, -0.2) is 30.5 Å². The van der Waals surface area contributed by atoms with Crippen LogP contribution < -0.4 is 10.6 Å². The Bertz CT molecular complexity index is 609. The Morgan fingerprint density at radius 1 is 1.33 bits per heavy atom. The van der Waals surface area contributed by atoms with Gasteiger partial charge in [0.15, 0.2) is 0 Å². The molecule has 2 heterocycles. The monoisotopic (exact) mass is 282 g/mol. The van der Waals surface area contributed by atoms with Crippen molar-refractivity contribution in [2.45, 2.75) is 19.1 Å². The number of pyridine rings is 1. The highest BCUT2D eigenvalue weighted by molar-refractivity contribution is 5.54. The Kier molecular flexibility index (Phi) is 3.90. The minimum atomic E-state index is 0.242. The summed E-state index contributed by atoms with van der Waals surface area (Å²) in [5.41, 5.74) is 11.3. The van der Waals surface area contributed by atoms with Gasteiger partial charge in [-0.2, -0.15) is 0 Å². The molecule has 0 fully saturated rings. The van der Waals surface area contributed by atoms with Crippen molar-refractivity contribution < 1.29 is 0 Å². The van der Waals surface area contributed by atoms with Crippen molar-refractivity contribution in [2.75, 3.05) is 25.5 Å². The number of aromatic nitrogens is 1. The average Bonchev–Trinajstić information content (AvgIpc) is 2.85. The first kappa shape index (κ1) is 14.0. The minimum Gasteiger partial charge on any atom is -0.358 e. The van der Waals surface area contributed by atoms with Gasteiger partial charge in [0.2, 0.25) is 0 Å². The Morgan fingerprint density at radius 2 is 2.19 bits per heavy atom. The van der Waals surface area contributed by atoms with Crippen LogP contribution in [0.3, 0.4) is 0 Å². The SMILES string of the molecule is CN(C)Cc1ccc2c(c1)C(CN)N(c1cccnc1)C2. The lowest BCUT2D eigenvalue weighted by molar-refractivity contribution is 0.402. The summed E-state index contributed by atoms with van der Waals surface area (Å²) >= 11 is 0. The molecule has 2 N–H and O–H groups in total. The summed E-state index contributed by atoms with van der Waals surface area (Å²) in [6, 6.07) is 11.1. The largest absolute Gasteiger partial charge is 0.358 e. The molecule has 110 valence electrons. The van der Waals surface area contributed by atoms with Crippen molar-refractivity contribution in [2.24, 2.45) is 5.73 Å². The van der Waals surface area contributed by atoms with Crippen LogP contribution in [0.2, 0.25) is 0 Å². The van der Waals surface area contributed by atoms with Crippen LogP contribution in [0.5, 0.6) is 0 Å². The Morgan fingerprint density at radius 3 is 2.86 bits per heavy atom. The molecule has 0 radical (unpaired) electrons. The smallest absolute Gasteiger partial charge is 0.0672 e. The van der Waals surface area contributed by atoms with Crippen LogP contribution in [0.1, 0.15) is 22.7 Å². The summed E-state index contributed by atoms with van der Waals surface area (Å²) in [6.45, 7) is 2.48. The fraction of sp³-hybridized carbons (Fsp3) is 0.353. The summed E-state index contributed by atoms with van der Waals surface area (Å²) in [7, 11) is 4.19. The van der Waals surface area contributed by atoms with Gasteiger partial charge in [0.1, 0.15) is 0 Å². The van der Waals surface area contributed by atoms with Crippen LogP contribution in [0, 0.1) is 0 Å². The van der Waals surface area contributed by atoms with E-state index in [2.05, 4.69) is 53.1 Å². The third-order valence-corrected chi connectivity index (χ3v) is 3.99. The van der Waals surface area contributed by atoms with E-state index in [1.165, 1.54) is 16.7 Å². The maximum atomic E-state index is 6.06. The van der Waals surface area contributed by atoms with E-state index in [0.29, 0.717) is 6.54 Å². The molecular weight excluding hydrogens is 260 g/mol. The molecule has 1 aromatic heterocycles. The molecule has 1 atom stereocenters. The van der Waals surface area contributed by atoms with Gasteiger partial charge in [-0.25, -0.2) is 0 Å². The summed E-state index contributed by atoms with van der Waals surface area (Å²) in [5.74, 6) is 0. The van der Waals surface area contributed by atoms with Crippen LogP contribution in [0.25, 0.3) is 0 Å². The number of nitrogens with two attached hydrogens (primary N) is 1. The molecule has 0 saturated heterocycles.